The molecule has 0 radical (unpaired) electrons. The van der Waals surface area contributed by atoms with E-state index in [-0.39, 0.29) is 12.4 Å². The highest BCUT2D eigenvalue weighted by Gasteiger charge is 2.14. The highest BCUT2D eigenvalue weighted by atomic mass is 35.5. The first kappa shape index (κ1) is 14.1. The van der Waals surface area contributed by atoms with Gasteiger partial charge in [0.2, 0.25) is 0 Å². The Balaban J connectivity index is 2.24. The van der Waals surface area contributed by atoms with E-state index >= 15 is 0 Å². The van der Waals surface area contributed by atoms with Crippen molar-refractivity contribution in [2.75, 3.05) is 11.9 Å². The van der Waals surface area contributed by atoms with E-state index in [1.807, 2.05) is 0 Å². The van der Waals surface area contributed by atoms with E-state index < -0.39 is 6.04 Å². The Morgan fingerprint density at radius 1 is 1.11 bits per heavy atom. The van der Waals surface area contributed by atoms with Gasteiger partial charge in [-0.05, 0) is 48.0 Å². The second-order valence-electron chi connectivity index (χ2n) is 4.05. The molecule has 0 fully saturated rings. The lowest BCUT2D eigenvalue weighted by Gasteiger charge is -2.19. The van der Waals surface area contributed by atoms with Crippen LogP contribution in [0.2, 0.25) is 10.0 Å². The lowest BCUT2D eigenvalue weighted by molar-refractivity contribution is 0.276. The van der Waals surface area contributed by atoms with E-state index in [1.54, 1.807) is 30.3 Å². The summed E-state index contributed by atoms with van der Waals surface area (Å²) in [5.74, 6) is -0.313. The van der Waals surface area contributed by atoms with E-state index in [2.05, 4.69) is 5.32 Å². The summed E-state index contributed by atoms with van der Waals surface area (Å²) in [5, 5.41) is 13.6. The van der Waals surface area contributed by atoms with Gasteiger partial charge in [-0.15, -0.1) is 0 Å². The molecule has 0 saturated heterocycles. The molecule has 2 aromatic carbocycles. The molecule has 0 aromatic heterocycles. The molecule has 1 atom stereocenters. The fourth-order valence-corrected chi connectivity index (χ4v) is 2.18. The Morgan fingerprint density at radius 3 is 2.42 bits per heavy atom. The zero-order valence-electron chi connectivity index (χ0n) is 9.91. The van der Waals surface area contributed by atoms with Gasteiger partial charge in [0, 0.05) is 15.7 Å². The molecule has 0 aliphatic rings. The van der Waals surface area contributed by atoms with Gasteiger partial charge in [0.25, 0.3) is 0 Å². The van der Waals surface area contributed by atoms with Crippen molar-refractivity contribution in [3.63, 3.8) is 0 Å². The minimum absolute atomic E-state index is 0.155. The smallest absolute Gasteiger partial charge is 0.123 e. The molecule has 0 spiro atoms. The van der Waals surface area contributed by atoms with Crippen LogP contribution in [0.4, 0.5) is 10.1 Å². The van der Waals surface area contributed by atoms with Crippen molar-refractivity contribution in [2.45, 2.75) is 6.04 Å². The van der Waals surface area contributed by atoms with Crippen molar-refractivity contribution in [1.29, 1.82) is 0 Å². The number of hydrogen-bond acceptors (Lipinski definition) is 2. The molecule has 0 aliphatic carbocycles. The van der Waals surface area contributed by atoms with Crippen LogP contribution in [-0.2, 0) is 0 Å². The molecule has 0 aliphatic heterocycles. The summed E-state index contributed by atoms with van der Waals surface area (Å²) in [6, 6.07) is 10.5. The topological polar surface area (TPSA) is 32.3 Å². The third-order valence-electron chi connectivity index (χ3n) is 2.70. The van der Waals surface area contributed by atoms with Crippen molar-refractivity contribution >= 4 is 28.9 Å². The number of hydrogen-bond donors (Lipinski definition) is 2. The van der Waals surface area contributed by atoms with E-state index in [4.69, 9.17) is 23.2 Å². The van der Waals surface area contributed by atoms with Crippen LogP contribution in [0.25, 0.3) is 0 Å². The van der Waals surface area contributed by atoms with Gasteiger partial charge < -0.3 is 10.4 Å². The van der Waals surface area contributed by atoms with Crippen LogP contribution in [0.3, 0.4) is 0 Å². The first-order valence-electron chi connectivity index (χ1n) is 5.68. The summed E-state index contributed by atoms with van der Waals surface area (Å²) < 4.78 is 12.8. The zero-order chi connectivity index (χ0) is 13.8. The number of rotatable bonds is 4. The van der Waals surface area contributed by atoms with Crippen LogP contribution in [0.15, 0.2) is 42.5 Å². The lowest BCUT2D eigenvalue weighted by Crippen LogP contribution is -2.15. The maximum absolute atomic E-state index is 12.8. The largest absolute Gasteiger partial charge is 0.394 e. The van der Waals surface area contributed by atoms with E-state index in [0.717, 1.165) is 0 Å². The normalized spacial score (nSPS) is 12.2. The molecule has 2 aromatic rings. The Labute approximate surface area is 120 Å². The maximum atomic E-state index is 12.8. The van der Waals surface area contributed by atoms with Crippen molar-refractivity contribution in [3.05, 3.63) is 63.9 Å². The predicted molar refractivity (Wildman–Crippen MR) is 76.3 cm³/mol. The molecule has 0 bridgehead atoms. The molecular weight excluding hydrogens is 288 g/mol. The number of aliphatic hydroxyl groups is 1. The summed E-state index contributed by atoms with van der Waals surface area (Å²) in [6.07, 6.45) is 0. The monoisotopic (exact) mass is 299 g/mol. The number of anilines is 1. The van der Waals surface area contributed by atoms with Crippen LogP contribution >= 0.6 is 23.2 Å². The Bertz CT molecular complexity index is 560. The average Bonchev–Trinajstić information content (AvgIpc) is 2.41. The van der Waals surface area contributed by atoms with Gasteiger partial charge in [-0.25, -0.2) is 4.39 Å². The molecule has 2 rings (SSSR count). The number of nitrogens with one attached hydrogen (secondary N) is 1. The van der Waals surface area contributed by atoms with Gasteiger partial charge in [-0.2, -0.15) is 0 Å². The summed E-state index contributed by atoms with van der Waals surface area (Å²) in [6.45, 7) is -0.155. The maximum Gasteiger partial charge on any atom is 0.123 e. The first-order chi connectivity index (χ1) is 9.10. The van der Waals surface area contributed by atoms with Gasteiger partial charge in [-0.3, -0.25) is 0 Å². The Morgan fingerprint density at radius 2 is 1.79 bits per heavy atom. The fraction of sp³-hybridized carbons (Fsp3) is 0.143. The third kappa shape index (κ3) is 3.60. The van der Waals surface area contributed by atoms with Gasteiger partial charge in [0.05, 0.1) is 12.6 Å². The molecule has 1 unspecified atom stereocenters. The number of halogens is 3. The van der Waals surface area contributed by atoms with Gasteiger partial charge in [-0.1, -0.05) is 23.2 Å². The Hall–Kier alpha value is -1.29. The molecule has 0 heterocycles. The van der Waals surface area contributed by atoms with Crippen molar-refractivity contribution in [1.82, 2.24) is 0 Å². The second kappa shape index (κ2) is 6.24. The van der Waals surface area contributed by atoms with Gasteiger partial charge >= 0.3 is 0 Å². The van der Waals surface area contributed by atoms with E-state index in [9.17, 15) is 9.50 Å². The fourth-order valence-electron chi connectivity index (χ4n) is 1.75. The summed E-state index contributed by atoms with van der Waals surface area (Å²) in [7, 11) is 0. The summed E-state index contributed by atoms with van der Waals surface area (Å²) in [5.41, 5.74) is 1.39. The average molecular weight is 300 g/mol. The molecule has 100 valence electrons. The van der Waals surface area contributed by atoms with Crippen LogP contribution < -0.4 is 5.32 Å². The highest BCUT2D eigenvalue weighted by Crippen LogP contribution is 2.28. The minimum Gasteiger partial charge on any atom is -0.394 e. The zero-order valence-corrected chi connectivity index (χ0v) is 11.4. The van der Waals surface area contributed by atoms with Gasteiger partial charge in [0.1, 0.15) is 5.82 Å². The van der Waals surface area contributed by atoms with E-state index in [0.29, 0.717) is 21.3 Å². The second-order valence-corrected chi connectivity index (χ2v) is 4.90. The van der Waals surface area contributed by atoms with Crippen LogP contribution in [0, 0.1) is 5.82 Å². The molecule has 5 heteroatoms. The Kier molecular flexibility index (Phi) is 4.64. The molecule has 19 heavy (non-hydrogen) atoms. The number of aliphatic hydroxyl groups excluding tert-OH is 1. The van der Waals surface area contributed by atoms with Gasteiger partial charge in [0.15, 0.2) is 0 Å². The molecule has 2 N–H and O–H groups in total. The van der Waals surface area contributed by atoms with Crippen LogP contribution in [-0.4, -0.2) is 11.7 Å². The standard InChI is InChI=1S/C14H12Cl2FNO/c15-9-1-6-13(16)12(7-9)14(8-19)18-11-4-2-10(17)3-5-11/h1-7,14,18-19H,8H2. The third-order valence-corrected chi connectivity index (χ3v) is 3.28. The minimum atomic E-state index is -0.406. The molecular formula is C14H12Cl2FNO. The highest BCUT2D eigenvalue weighted by molar-refractivity contribution is 6.33. The van der Waals surface area contributed by atoms with Crippen LogP contribution in [0.5, 0.6) is 0 Å². The SMILES string of the molecule is OCC(Nc1ccc(F)cc1)c1cc(Cl)ccc1Cl. The summed E-state index contributed by atoms with van der Waals surface area (Å²) >= 11 is 12.0. The van der Waals surface area contributed by atoms with Crippen molar-refractivity contribution < 1.29 is 9.50 Å². The van der Waals surface area contributed by atoms with E-state index in [1.165, 1.54) is 12.1 Å². The molecule has 2 nitrogen and oxygen atoms in total. The molecule has 0 amide bonds. The quantitative estimate of drug-likeness (QED) is 0.883. The lowest BCUT2D eigenvalue weighted by atomic mass is 10.1. The number of benzene rings is 2. The van der Waals surface area contributed by atoms with Crippen LogP contribution in [0.1, 0.15) is 11.6 Å². The van der Waals surface area contributed by atoms with Crippen molar-refractivity contribution in [2.24, 2.45) is 0 Å². The first-order valence-corrected chi connectivity index (χ1v) is 6.43. The van der Waals surface area contributed by atoms with Crippen molar-refractivity contribution in [3.8, 4) is 0 Å². The predicted octanol–water partition coefficient (Wildman–Crippen LogP) is 4.28. The molecule has 0 saturated carbocycles. The summed E-state index contributed by atoms with van der Waals surface area (Å²) in [4.78, 5) is 0.